The normalized spacial score (nSPS) is 26.9. The monoisotopic (exact) mass is 141 g/mol. The summed E-state index contributed by atoms with van der Waals surface area (Å²) in [6.07, 6.45) is 3.11. The maximum Gasteiger partial charge on any atom is 0.0424 e. The molecule has 3 heteroatoms. The van der Waals surface area contributed by atoms with Gasteiger partial charge >= 0.3 is 0 Å². The van der Waals surface area contributed by atoms with E-state index in [9.17, 15) is 0 Å². The zero-order valence-corrected chi connectivity index (χ0v) is 6.91. The molecule has 1 heterocycles. The zero-order chi connectivity index (χ0) is 7.56. The van der Waals surface area contributed by atoms with Crippen molar-refractivity contribution in [2.24, 2.45) is 5.10 Å². The van der Waals surface area contributed by atoms with Gasteiger partial charge in [-0.15, -0.1) is 0 Å². The summed E-state index contributed by atoms with van der Waals surface area (Å²) < 4.78 is 0. The van der Waals surface area contributed by atoms with Crippen molar-refractivity contribution in [2.75, 3.05) is 13.6 Å². The van der Waals surface area contributed by atoms with Gasteiger partial charge in [-0.05, 0) is 20.3 Å². The van der Waals surface area contributed by atoms with E-state index in [1.807, 2.05) is 25.3 Å². The molecule has 1 fully saturated rings. The van der Waals surface area contributed by atoms with Crippen LogP contribution in [0.1, 0.15) is 20.3 Å². The quantitative estimate of drug-likeness (QED) is 0.421. The molecule has 0 aromatic carbocycles. The van der Waals surface area contributed by atoms with Crippen molar-refractivity contribution in [3.05, 3.63) is 0 Å². The minimum atomic E-state index is 0.675. The lowest BCUT2D eigenvalue weighted by atomic mass is 10.1. The number of rotatable bonds is 2. The summed E-state index contributed by atoms with van der Waals surface area (Å²) in [7, 11) is 1.98. The summed E-state index contributed by atoms with van der Waals surface area (Å²) in [6, 6.07) is 0.675. The zero-order valence-electron chi connectivity index (χ0n) is 6.91. The Hall–Kier alpha value is -0.570. The van der Waals surface area contributed by atoms with Crippen LogP contribution >= 0.6 is 0 Å². The molecule has 0 bridgehead atoms. The lowest BCUT2D eigenvalue weighted by molar-refractivity contribution is -0.0927. The van der Waals surface area contributed by atoms with Crippen molar-refractivity contribution in [1.29, 1.82) is 0 Å². The van der Waals surface area contributed by atoms with Crippen LogP contribution in [0.5, 0.6) is 0 Å². The average molecular weight is 141 g/mol. The molecular formula is C7H15N3. The third-order valence-electron chi connectivity index (χ3n) is 1.94. The van der Waals surface area contributed by atoms with Gasteiger partial charge in [0.1, 0.15) is 0 Å². The van der Waals surface area contributed by atoms with E-state index in [0.29, 0.717) is 6.04 Å². The molecule has 1 saturated heterocycles. The second-order valence-corrected chi connectivity index (χ2v) is 2.66. The van der Waals surface area contributed by atoms with Crippen molar-refractivity contribution in [2.45, 2.75) is 26.3 Å². The molecule has 10 heavy (non-hydrogen) atoms. The van der Waals surface area contributed by atoms with Gasteiger partial charge in [0, 0.05) is 25.8 Å². The summed E-state index contributed by atoms with van der Waals surface area (Å²) >= 11 is 0. The Kier molecular flexibility index (Phi) is 2.27. The van der Waals surface area contributed by atoms with Crippen molar-refractivity contribution < 1.29 is 0 Å². The van der Waals surface area contributed by atoms with E-state index in [4.69, 9.17) is 0 Å². The number of hydrazine groups is 1. The molecule has 0 spiro atoms. The minimum Gasteiger partial charge on any atom is -0.230 e. The Morgan fingerprint density at radius 2 is 2.40 bits per heavy atom. The van der Waals surface area contributed by atoms with E-state index in [2.05, 4.69) is 17.0 Å². The first kappa shape index (κ1) is 7.54. The van der Waals surface area contributed by atoms with Gasteiger partial charge in [0.25, 0.3) is 0 Å². The SMILES string of the molecule is C/C=N\N(C)N1CCC1C. The van der Waals surface area contributed by atoms with E-state index in [1.54, 1.807) is 0 Å². The molecule has 0 saturated carbocycles. The molecule has 1 unspecified atom stereocenters. The number of hydrogen-bond donors (Lipinski definition) is 0. The highest BCUT2D eigenvalue weighted by atomic mass is 15.8. The van der Waals surface area contributed by atoms with Gasteiger partial charge in [-0.25, -0.2) is 10.1 Å². The van der Waals surface area contributed by atoms with Crippen LogP contribution in [0, 0.1) is 0 Å². The Labute approximate surface area is 62.3 Å². The molecule has 0 radical (unpaired) electrons. The molecule has 0 amide bonds. The van der Waals surface area contributed by atoms with Gasteiger partial charge in [-0.3, -0.25) is 0 Å². The molecule has 0 N–H and O–H groups in total. The van der Waals surface area contributed by atoms with E-state index >= 15 is 0 Å². The van der Waals surface area contributed by atoms with Crippen LogP contribution in [0.3, 0.4) is 0 Å². The number of hydrogen-bond acceptors (Lipinski definition) is 3. The molecule has 58 valence electrons. The fraction of sp³-hybridized carbons (Fsp3) is 0.857. The van der Waals surface area contributed by atoms with Crippen LogP contribution in [0.25, 0.3) is 0 Å². The Morgan fingerprint density at radius 3 is 2.70 bits per heavy atom. The Bertz CT molecular complexity index is 133. The summed E-state index contributed by atoms with van der Waals surface area (Å²) in [6.45, 7) is 5.29. The van der Waals surface area contributed by atoms with Crippen LogP contribution < -0.4 is 0 Å². The molecule has 0 aliphatic carbocycles. The molecule has 1 aliphatic rings. The average Bonchev–Trinajstić information content (AvgIpc) is 1.85. The maximum absolute atomic E-state index is 4.13. The molecule has 3 nitrogen and oxygen atoms in total. The van der Waals surface area contributed by atoms with Crippen molar-refractivity contribution in [1.82, 2.24) is 10.1 Å². The van der Waals surface area contributed by atoms with E-state index in [-0.39, 0.29) is 0 Å². The summed E-state index contributed by atoms with van der Waals surface area (Å²) in [5.41, 5.74) is 0. The lowest BCUT2D eigenvalue weighted by Crippen LogP contribution is -2.52. The van der Waals surface area contributed by atoms with Crippen LogP contribution in [0.4, 0.5) is 0 Å². The van der Waals surface area contributed by atoms with Crippen molar-refractivity contribution in [3.63, 3.8) is 0 Å². The molecule has 1 rings (SSSR count). The summed E-state index contributed by atoms with van der Waals surface area (Å²) in [5.74, 6) is 0. The third-order valence-corrected chi connectivity index (χ3v) is 1.94. The predicted molar refractivity (Wildman–Crippen MR) is 42.7 cm³/mol. The predicted octanol–water partition coefficient (Wildman–Crippen LogP) is 0.933. The standard InChI is InChI=1S/C7H15N3/c1-4-8-9(3)10-6-5-7(10)2/h4,7H,5-6H2,1-3H3/b8-4-. The van der Waals surface area contributed by atoms with Gasteiger partial charge in [0.05, 0.1) is 0 Å². The van der Waals surface area contributed by atoms with Gasteiger partial charge < -0.3 is 0 Å². The van der Waals surface area contributed by atoms with E-state index in [0.717, 1.165) is 6.54 Å². The third kappa shape index (κ3) is 1.29. The van der Waals surface area contributed by atoms with Crippen LogP contribution in [0.15, 0.2) is 5.10 Å². The summed E-state index contributed by atoms with van der Waals surface area (Å²) in [5, 5.41) is 8.28. The highest BCUT2D eigenvalue weighted by Gasteiger charge is 2.25. The Morgan fingerprint density at radius 1 is 1.70 bits per heavy atom. The molecule has 1 atom stereocenters. The fourth-order valence-corrected chi connectivity index (χ4v) is 1.17. The highest BCUT2D eigenvalue weighted by molar-refractivity contribution is 5.52. The molecular weight excluding hydrogens is 126 g/mol. The smallest absolute Gasteiger partial charge is 0.0424 e. The first-order chi connectivity index (χ1) is 4.75. The molecule has 0 aromatic heterocycles. The molecule has 1 aliphatic heterocycles. The fourth-order valence-electron chi connectivity index (χ4n) is 1.17. The van der Waals surface area contributed by atoms with Crippen molar-refractivity contribution in [3.8, 4) is 0 Å². The van der Waals surface area contributed by atoms with Gasteiger partial charge in [-0.1, -0.05) is 0 Å². The second kappa shape index (κ2) is 3.01. The van der Waals surface area contributed by atoms with Crippen molar-refractivity contribution >= 4 is 6.21 Å². The van der Waals surface area contributed by atoms with Gasteiger partial charge in [-0.2, -0.15) is 5.10 Å². The lowest BCUT2D eigenvalue weighted by Gasteiger charge is -2.42. The van der Waals surface area contributed by atoms with Crippen LogP contribution in [-0.2, 0) is 0 Å². The minimum absolute atomic E-state index is 0.675. The number of hydrazone groups is 1. The van der Waals surface area contributed by atoms with Crippen LogP contribution in [0.2, 0.25) is 0 Å². The van der Waals surface area contributed by atoms with Crippen LogP contribution in [-0.4, -0.2) is 36.0 Å². The first-order valence-electron chi connectivity index (χ1n) is 3.74. The largest absolute Gasteiger partial charge is 0.230 e. The first-order valence-corrected chi connectivity index (χ1v) is 3.74. The van der Waals surface area contributed by atoms with Gasteiger partial charge in [0.15, 0.2) is 0 Å². The van der Waals surface area contributed by atoms with E-state index < -0.39 is 0 Å². The summed E-state index contributed by atoms with van der Waals surface area (Å²) in [4.78, 5) is 0. The maximum atomic E-state index is 4.13. The topological polar surface area (TPSA) is 18.8 Å². The Balaban J connectivity index is 2.34. The molecule has 0 aromatic rings. The van der Waals surface area contributed by atoms with Gasteiger partial charge in [0.2, 0.25) is 0 Å². The number of nitrogens with zero attached hydrogens (tertiary/aromatic N) is 3. The highest BCUT2D eigenvalue weighted by Crippen LogP contribution is 2.17. The second-order valence-electron chi connectivity index (χ2n) is 2.66. The van der Waals surface area contributed by atoms with E-state index in [1.165, 1.54) is 6.42 Å².